The molecule has 0 atom stereocenters. The van der Waals surface area contributed by atoms with Gasteiger partial charge in [0, 0.05) is 30.6 Å². The Morgan fingerprint density at radius 2 is 2.04 bits per heavy atom. The van der Waals surface area contributed by atoms with E-state index in [9.17, 15) is 9.59 Å². The number of nitrogens with one attached hydrogen (secondary N) is 1. The smallest absolute Gasteiger partial charge is 0.255 e. The van der Waals surface area contributed by atoms with Crippen molar-refractivity contribution in [2.45, 2.75) is 13.8 Å². The van der Waals surface area contributed by atoms with E-state index in [2.05, 4.69) is 5.32 Å². The van der Waals surface area contributed by atoms with Gasteiger partial charge in [-0.15, -0.1) is 0 Å². The van der Waals surface area contributed by atoms with Crippen LogP contribution in [0.1, 0.15) is 24.2 Å². The SMILES string of the molecule is CC(C)COc1ccc(NC(=O)c2ccn(C)c(=O)c2)cc1Cl. The van der Waals surface area contributed by atoms with Crippen LogP contribution in [0, 0.1) is 5.92 Å². The average Bonchev–Trinajstić information content (AvgIpc) is 2.49. The summed E-state index contributed by atoms with van der Waals surface area (Å²) in [7, 11) is 1.62. The van der Waals surface area contributed by atoms with Crippen molar-refractivity contribution in [1.29, 1.82) is 0 Å². The molecule has 0 aliphatic heterocycles. The van der Waals surface area contributed by atoms with Gasteiger partial charge in [0.2, 0.25) is 0 Å². The van der Waals surface area contributed by atoms with Crippen LogP contribution in [0.5, 0.6) is 5.75 Å². The van der Waals surface area contributed by atoms with Crippen LogP contribution in [0.15, 0.2) is 41.3 Å². The first-order valence-corrected chi connectivity index (χ1v) is 7.65. The van der Waals surface area contributed by atoms with Crippen LogP contribution < -0.4 is 15.6 Å². The van der Waals surface area contributed by atoms with Gasteiger partial charge in [-0.1, -0.05) is 25.4 Å². The number of carbonyl (C=O) groups excluding carboxylic acids is 1. The predicted molar refractivity (Wildman–Crippen MR) is 91.4 cm³/mol. The summed E-state index contributed by atoms with van der Waals surface area (Å²) in [6, 6.07) is 7.91. The highest BCUT2D eigenvalue weighted by Crippen LogP contribution is 2.28. The number of hydrogen-bond acceptors (Lipinski definition) is 3. The first-order valence-electron chi connectivity index (χ1n) is 7.27. The summed E-state index contributed by atoms with van der Waals surface area (Å²) in [5.74, 6) is 0.604. The fraction of sp³-hybridized carbons (Fsp3) is 0.294. The average molecular weight is 335 g/mol. The van der Waals surface area contributed by atoms with Crippen molar-refractivity contribution < 1.29 is 9.53 Å². The molecule has 1 heterocycles. The zero-order chi connectivity index (χ0) is 17.0. The maximum atomic E-state index is 12.2. The first kappa shape index (κ1) is 17.1. The maximum Gasteiger partial charge on any atom is 0.255 e. The minimum absolute atomic E-state index is 0.242. The van der Waals surface area contributed by atoms with E-state index < -0.39 is 0 Å². The molecule has 1 aromatic heterocycles. The summed E-state index contributed by atoms with van der Waals surface area (Å²) < 4.78 is 6.98. The van der Waals surface area contributed by atoms with Crippen LogP contribution in [0.2, 0.25) is 5.02 Å². The molecule has 2 rings (SSSR count). The zero-order valence-electron chi connectivity index (χ0n) is 13.3. The lowest BCUT2D eigenvalue weighted by Crippen LogP contribution is -2.20. The Morgan fingerprint density at radius 1 is 1.30 bits per heavy atom. The summed E-state index contributed by atoms with van der Waals surface area (Å²) in [6.45, 7) is 4.66. The number of carbonyl (C=O) groups is 1. The number of benzene rings is 1. The maximum absolute atomic E-state index is 12.2. The van der Waals surface area contributed by atoms with E-state index in [-0.39, 0.29) is 11.5 Å². The van der Waals surface area contributed by atoms with Crippen molar-refractivity contribution in [3.05, 3.63) is 57.5 Å². The van der Waals surface area contributed by atoms with Crippen LogP contribution in [-0.4, -0.2) is 17.1 Å². The van der Waals surface area contributed by atoms with Crippen molar-refractivity contribution in [2.24, 2.45) is 13.0 Å². The predicted octanol–water partition coefficient (Wildman–Crippen LogP) is 3.33. The normalized spacial score (nSPS) is 10.7. The quantitative estimate of drug-likeness (QED) is 0.912. The third-order valence-corrected chi connectivity index (χ3v) is 3.42. The van der Waals surface area contributed by atoms with Gasteiger partial charge >= 0.3 is 0 Å². The Morgan fingerprint density at radius 3 is 2.65 bits per heavy atom. The number of aromatic nitrogens is 1. The summed E-state index contributed by atoms with van der Waals surface area (Å²) >= 11 is 6.16. The van der Waals surface area contributed by atoms with Crippen LogP contribution in [0.25, 0.3) is 0 Å². The molecule has 0 aliphatic carbocycles. The number of hydrogen-bond donors (Lipinski definition) is 1. The second-order valence-electron chi connectivity index (χ2n) is 5.67. The number of pyridine rings is 1. The first-order chi connectivity index (χ1) is 10.9. The fourth-order valence-electron chi connectivity index (χ4n) is 1.85. The van der Waals surface area contributed by atoms with E-state index >= 15 is 0 Å². The van der Waals surface area contributed by atoms with E-state index in [1.165, 1.54) is 10.6 Å². The Balaban J connectivity index is 2.10. The molecule has 0 radical (unpaired) electrons. The minimum Gasteiger partial charge on any atom is -0.492 e. The second-order valence-corrected chi connectivity index (χ2v) is 6.08. The molecule has 1 aromatic carbocycles. The minimum atomic E-state index is -0.366. The molecule has 0 saturated heterocycles. The lowest BCUT2D eigenvalue weighted by atomic mass is 10.2. The molecule has 0 unspecified atom stereocenters. The highest BCUT2D eigenvalue weighted by atomic mass is 35.5. The van der Waals surface area contributed by atoms with Gasteiger partial charge in [-0.3, -0.25) is 9.59 Å². The molecule has 23 heavy (non-hydrogen) atoms. The number of rotatable bonds is 5. The van der Waals surface area contributed by atoms with E-state index in [1.54, 1.807) is 37.5 Å². The van der Waals surface area contributed by atoms with Gasteiger partial charge in [0.25, 0.3) is 11.5 Å². The van der Waals surface area contributed by atoms with Crippen LogP contribution in [0.4, 0.5) is 5.69 Å². The third-order valence-electron chi connectivity index (χ3n) is 3.13. The van der Waals surface area contributed by atoms with Gasteiger partial charge in [0.05, 0.1) is 11.6 Å². The fourth-order valence-corrected chi connectivity index (χ4v) is 2.08. The molecule has 5 nitrogen and oxygen atoms in total. The second kappa shape index (κ2) is 7.33. The lowest BCUT2D eigenvalue weighted by molar-refractivity contribution is 0.102. The van der Waals surface area contributed by atoms with Crippen LogP contribution >= 0.6 is 11.6 Å². The van der Waals surface area contributed by atoms with Gasteiger partial charge in [-0.05, 0) is 30.2 Å². The number of anilines is 1. The Hall–Kier alpha value is -2.27. The largest absolute Gasteiger partial charge is 0.492 e. The monoisotopic (exact) mass is 334 g/mol. The number of ether oxygens (including phenoxy) is 1. The van der Waals surface area contributed by atoms with Gasteiger partial charge in [-0.25, -0.2) is 0 Å². The molecule has 0 aliphatic rings. The molecule has 0 fully saturated rings. The van der Waals surface area contributed by atoms with E-state index in [0.717, 1.165) is 0 Å². The van der Waals surface area contributed by atoms with Gasteiger partial charge in [0.15, 0.2) is 0 Å². The molecule has 0 spiro atoms. The van der Waals surface area contributed by atoms with Crippen molar-refractivity contribution in [3.8, 4) is 5.75 Å². The van der Waals surface area contributed by atoms with E-state index in [1.807, 2.05) is 13.8 Å². The molecule has 1 N–H and O–H groups in total. The Kier molecular flexibility index (Phi) is 5.45. The molecule has 6 heteroatoms. The number of nitrogens with zero attached hydrogens (tertiary/aromatic N) is 1. The summed E-state index contributed by atoms with van der Waals surface area (Å²) in [5.41, 5.74) is 0.593. The standard InChI is InChI=1S/C17H19ClN2O3/c1-11(2)10-23-15-5-4-13(9-14(15)18)19-17(22)12-6-7-20(3)16(21)8-12/h4-9,11H,10H2,1-3H3,(H,19,22). The van der Waals surface area contributed by atoms with Crippen molar-refractivity contribution >= 4 is 23.2 Å². The summed E-state index contributed by atoms with van der Waals surface area (Å²) in [6.07, 6.45) is 1.55. The van der Waals surface area contributed by atoms with Crippen LogP contribution in [-0.2, 0) is 7.05 Å². The molecule has 0 bridgehead atoms. The van der Waals surface area contributed by atoms with Gasteiger partial charge in [-0.2, -0.15) is 0 Å². The molecule has 2 aromatic rings. The van der Waals surface area contributed by atoms with Crippen LogP contribution in [0.3, 0.4) is 0 Å². The van der Waals surface area contributed by atoms with E-state index in [4.69, 9.17) is 16.3 Å². The van der Waals surface area contributed by atoms with Crippen molar-refractivity contribution in [3.63, 3.8) is 0 Å². The molecular weight excluding hydrogens is 316 g/mol. The van der Waals surface area contributed by atoms with E-state index in [0.29, 0.717) is 34.5 Å². The number of amides is 1. The molecule has 0 saturated carbocycles. The summed E-state index contributed by atoms with van der Waals surface area (Å²) in [5, 5.41) is 3.13. The van der Waals surface area contributed by atoms with Gasteiger partial charge < -0.3 is 14.6 Å². The topological polar surface area (TPSA) is 60.3 Å². The van der Waals surface area contributed by atoms with Gasteiger partial charge in [0.1, 0.15) is 5.75 Å². The molecule has 122 valence electrons. The third kappa shape index (κ3) is 4.60. The molecule has 1 amide bonds. The zero-order valence-corrected chi connectivity index (χ0v) is 14.1. The number of aryl methyl sites for hydroxylation is 1. The molecular formula is C17H19ClN2O3. The highest BCUT2D eigenvalue weighted by molar-refractivity contribution is 6.32. The van der Waals surface area contributed by atoms with Crippen molar-refractivity contribution in [1.82, 2.24) is 4.57 Å². The highest BCUT2D eigenvalue weighted by Gasteiger charge is 2.10. The number of halogens is 1. The summed E-state index contributed by atoms with van der Waals surface area (Å²) in [4.78, 5) is 23.7. The Labute approximate surface area is 139 Å². The van der Waals surface area contributed by atoms with Crippen molar-refractivity contribution in [2.75, 3.05) is 11.9 Å². The Bertz CT molecular complexity index is 769. The lowest BCUT2D eigenvalue weighted by Gasteiger charge is -2.12.